The summed E-state index contributed by atoms with van der Waals surface area (Å²) in [6.45, 7) is 2.29. The number of sulfonamides is 1. The van der Waals surface area contributed by atoms with Gasteiger partial charge in [-0.15, -0.1) is 0 Å². The summed E-state index contributed by atoms with van der Waals surface area (Å²) in [5, 5.41) is 7.60. The van der Waals surface area contributed by atoms with Crippen LogP contribution in [-0.2, 0) is 14.8 Å². The maximum atomic E-state index is 14.1. The Bertz CT molecular complexity index is 1600. The summed E-state index contributed by atoms with van der Waals surface area (Å²) in [5.74, 6) is -0.470. The van der Waals surface area contributed by atoms with Crippen molar-refractivity contribution >= 4 is 49.9 Å². The van der Waals surface area contributed by atoms with Crippen LogP contribution >= 0.6 is 11.6 Å². The summed E-state index contributed by atoms with van der Waals surface area (Å²) in [5.41, 5.74) is 2.74. The quantitative estimate of drug-likeness (QED) is 0.301. The zero-order valence-corrected chi connectivity index (χ0v) is 22.5. The van der Waals surface area contributed by atoms with E-state index in [2.05, 4.69) is 20.4 Å². The number of anilines is 3. The van der Waals surface area contributed by atoms with E-state index in [0.29, 0.717) is 35.8 Å². The molecule has 1 fully saturated rings. The highest BCUT2D eigenvalue weighted by Crippen LogP contribution is 2.38. The van der Waals surface area contributed by atoms with Crippen molar-refractivity contribution in [3.63, 3.8) is 0 Å². The van der Waals surface area contributed by atoms with E-state index in [1.165, 1.54) is 17.7 Å². The van der Waals surface area contributed by atoms with Crippen LogP contribution in [0.2, 0.25) is 5.15 Å². The fraction of sp³-hybridized carbons (Fsp3) is 0.375. The van der Waals surface area contributed by atoms with Gasteiger partial charge in [0.2, 0.25) is 10.0 Å². The van der Waals surface area contributed by atoms with Crippen LogP contribution in [0.1, 0.15) is 43.4 Å². The minimum Gasteiger partial charge on any atom is -0.358 e. The van der Waals surface area contributed by atoms with Gasteiger partial charge in [0, 0.05) is 25.9 Å². The topological polar surface area (TPSA) is 107 Å². The number of nitrogens with zero attached hydrogens (tertiary/aromatic N) is 6. The van der Waals surface area contributed by atoms with Crippen molar-refractivity contribution in [1.29, 1.82) is 0 Å². The van der Waals surface area contributed by atoms with Crippen LogP contribution in [0, 0.1) is 6.92 Å². The lowest BCUT2D eigenvalue weighted by Crippen LogP contribution is -2.25. The molecule has 1 N–H and O–H groups in total. The standard InChI is InChI=1S/C24H26ClF2N7O3S/c1-14-9-10-33(31-14)15-7-8-16(18(12-15)32(2)38(3,35)36)28-17-13-19(25)29-23-21(17)30-24(22(26)27)34(23)20-6-4-5-11-37-20/h7-10,12-13,20,22H,4-6,11H2,1-3H3,(H,28,29). The largest absolute Gasteiger partial charge is 0.358 e. The normalized spacial score (nSPS) is 16.3. The number of halogens is 3. The van der Waals surface area contributed by atoms with E-state index in [1.54, 1.807) is 29.1 Å². The zero-order valence-electron chi connectivity index (χ0n) is 20.9. The minimum absolute atomic E-state index is 0.0550. The van der Waals surface area contributed by atoms with Gasteiger partial charge >= 0.3 is 0 Å². The number of aryl methyl sites for hydroxylation is 1. The molecule has 0 spiro atoms. The molecule has 1 aromatic carbocycles. The minimum atomic E-state index is -3.65. The highest BCUT2D eigenvalue weighted by atomic mass is 35.5. The molecule has 0 radical (unpaired) electrons. The Kier molecular flexibility index (Phi) is 7.01. The Hall–Kier alpha value is -3.29. The summed E-state index contributed by atoms with van der Waals surface area (Å²) < 4.78 is 63.0. The number of hydrogen-bond donors (Lipinski definition) is 1. The third-order valence-electron chi connectivity index (χ3n) is 6.36. The molecule has 0 saturated carbocycles. The fourth-order valence-corrected chi connectivity index (χ4v) is 5.12. The molecule has 1 atom stereocenters. The average Bonchev–Trinajstić information content (AvgIpc) is 3.48. The molecular formula is C24H26ClF2N7O3S. The molecule has 1 unspecified atom stereocenters. The molecule has 202 valence electrons. The van der Waals surface area contributed by atoms with E-state index in [4.69, 9.17) is 16.3 Å². The first-order valence-corrected chi connectivity index (χ1v) is 14.1. The molecule has 1 aliphatic heterocycles. The molecule has 38 heavy (non-hydrogen) atoms. The lowest BCUT2D eigenvalue weighted by molar-refractivity contribution is -0.0363. The number of imidazole rings is 1. The molecule has 10 nitrogen and oxygen atoms in total. The van der Waals surface area contributed by atoms with Gasteiger partial charge in [0.05, 0.1) is 34.7 Å². The second-order valence-electron chi connectivity index (χ2n) is 9.09. The van der Waals surface area contributed by atoms with Gasteiger partial charge in [-0.05, 0) is 50.5 Å². The van der Waals surface area contributed by atoms with Crippen LogP contribution < -0.4 is 9.62 Å². The van der Waals surface area contributed by atoms with E-state index in [9.17, 15) is 17.2 Å². The lowest BCUT2D eigenvalue weighted by Gasteiger charge is -2.25. The number of ether oxygens (including phenoxy) is 1. The predicted octanol–water partition coefficient (Wildman–Crippen LogP) is 5.35. The molecule has 0 aliphatic carbocycles. The highest BCUT2D eigenvalue weighted by Gasteiger charge is 2.29. The third kappa shape index (κ3) is 5.05. The first kappa shape index (κ1) is 26.3. The smallest absolute Gasteiger partial charge is 0.295 e. The molecule has 5 rings (SSSR count). The van der Waals surface area contributed by atoms with Gasteiger partial charge < -0.3 is 10.1 Å². The second kappa shape index (κ2) is 10.1. The van der Waals surface area contributed by atoms with Gasteiger partial charge in [-0.25, -0.2) is 31.8 Å². The van der Waals surface area contributed by atoms with Crippen molar-refractivity contribution < 1.29 is 21.9 Å². The number of alkyl halides is 2. The van der Waals surface area contributed by atoms with Crippen LogP contribution in [-0.4, -0.2) is 52.6 Å². The number of hydrogen-bond acceptors (Lipinski definition) is 7. The molecule has 1 saturated heterocycles. The Morgan fingerprint density at radius 2 is 1.97 bits per heavy atom. The maximum absolute atomic E-state index is 14.1. The lowest BCUT2D eigenvalue weighted by atomic mass is 10.2. The predicted molar refractivity (Wildman–Crippen MR) is 141 cm³/mol. The summed E-state index contributed by atoms with van der Waals surface area (Å²) in [7, 11) is -2.23. The number of fused-ring (bicyclic) bond motifs is 1. The number of nitrogens with one attached hydrogen (secondary N) is 1. The van der Waals surface area contributed by atoms with Crippen molar-refractivity contribution in [3.8, 4) is 5.69 Å². The molecule has 1 aliphatic rings. The fourth-order valence-electron chi connectivity index (χ4n) is 4.42. The summed E-state index contributed by atoms with van der Waals surface area (Å²) in [4.78, 5) is 8.52. The van der Waals surface area contributed by atoms with Crippen molar-refractivity contribution in [2.45, 2.75) is 38.8 Å². The van der Waals surface area contributed by atoms with Crippen molar-refractivity contribution in [2.24, 2.45) is 0 Å². The zero-order chi connectivity index (χ0) is 27.2. The van der Waals surface area contributed by atoms with E-state index in [1.807, 2.05) is 13.0 Å². The van der Waals surface area contributed by atoms with Gasteiger partial charge in [-0.2, -0.15) is 5.10 Å². The Morgan fingerprint density at radius 3 is 2.61 bits per heavy atom. The first-order chi connectivity index (χ1) is 18.0. The van der Waals surface area contributed by atoms with E-state index in [-0.39, 0.29) is 16.3 Å². The summed E-state index contributed by atoms with van der Waals surface area (Å²) >= 11 is 6.33. The Morgan fingerprint density at radius 1 is 1.18 bits per heavy atom. The van der Waals surface area contributed by atoms with Gasteiger partial charge in [0.15, 0.2) is 11.5 Å². The maximum Gasteiger partial charge on any atom is 0.295 e. The van der Waals surface area contributed by atoms with E-state index in [0.717, 1.165) is 29.1 Å². The van der Waals surface area contributed by atoms with Crippen LogP contribution in [0.3, 0.4) is 0 Å². The van der Waals surface area contributed by atoms with Crippen molar-refractivity contribution in [1.82, 2.24) is 24.3 Å². The second-order valence-corrected chi connectivity index (χ2v) is 11.5. The molecular weight excluding hydrogens is 540 g/mol. The van der Waals surface area contributed by atoms with Crippen LogP contribution in [0.15, 0.2) is 36.5 Å². The highest BCUT2D eigenvalue weighted by molar-refractivity contribution is 7.92. The van der Waals surface area contributed by atoms with Crippen LogP contribution in [0.25, 0.3) is 16.9 Å². The van der Waals surface area contributed by atoms with E-state index >= 15 is 0 Å². The van der Waals surface area contributed by atoms with Crippen LogP contribution in [0.4, 0.5) is 25.8 Å². The Labute approximate surface area is 223 Å². The molecule has 4 heterocycles. The van der Waals surface area contributed by atoms with Gasteiger partial charge in [0.25, 0.3) is 6.43 Å². The van der Waals surface area contributed by atoms with Crippen molar-refractivity contribution in [2.75, 3.05) is 29.5 Å². The summed E-state index contributed by atoms with van der Waals surface area (Å²) in [6.07, 6.45) is 1.55. The monoisotopic (exact) mass is 565 g/mol. The number of aromatic nitrogens is 5. The molecule has 4 aromatic rings. The third-order valence-corrected chi connectivity index (χ3v) is 7.74. The SMILES string of the molecule is Cc1ccn(-c2ccc(Nc3cc(Cl)nc4c3nc(C(F)F)n4C3CCCCO3)c(N(C)S(C)(=O)=O)c2)n1. The molecule has 0 bridgehead atoms. The number of pyridine rings is 1. The number of rotatable bonds is 7. The first-order valence-electron chi connectivity index (χ1n) is 11.9. The van der Waals surface area contributed by atoms with E-state index < -0.39 is 28.5 Å². The number of benzene rings is 1. The van der Waals surface area contributed by atoms with Gasteiger partial charge in [-0.3, -0.25) is 8.87 Å². The van der Waals surface area contributed by atoms with Crippen LogP contribution in [0.5, 0.6) is 0 Å². The summed E-state index contributed by atoms with van der Waals surface area (Å²) in [6, 6.07) is 8.39. The average molecular weight is 566 g/mol. The van der Waals surface area contributed by atoms with Crippen molar-refractivity contribution in [3.05, 3.63) is 53.2 Å². The molecule has 3 aromatic heterocycles. The molecule has 0 amide bonds. The van der Waals surface area contributed by atoms with Gasteiger partial charge in [0.1, 0.15) is 16.9 Å². The Balaban J connectivity index is 1.65. The molecule has 14 heteroatoms. The van der Waals surface area contributed by atoms with Gasteiger partial charge in [-0.1, -0.05) is 11.6 Å².